The molecule has 4 aromatic rings. The molecule has 16 heteroatoms. The second-order valence-electron chi connectivity index (χ2n) is 11.3. The maximum atomic E-state index is 14.7. The molecule has 5 rings (SSSR count). The van der Waals surface area contributed by atoms with E-state index in [2.05, 4.69) is 31.0 Å². The Labute approximate surface area is 241 Å². The van der Waals surface area contributed by atoms with Gasteiger partial charge in [0, 0.05) is 24.7 Å². The van der Waals surface area contributed by atoms with Crippen molar-refractivity contribution < 1.29 is 26.7 Å². The summed E-state index contributed by atoms with van der Waals surface area (Å²) >= 11 is 0.930. The highest BCUT2D eigenvalue weighted by Gasteiger charge is 2.34. The van der Waals surface area contributed by atoms with Crippen molar-refractivity contribution in [3.63, 3.8) is 0 Å². The van der Waals surface area contributed by atoms with Crippen LogP contribution >= 0.6 is 11.3 Å². The Kier molecular flexibility index (Phi) is 7.96. The van der Waals surface area contributed by atoms with Crippen LogP contribution in [0.4, 0.5) is 27.6 Å². The van der Waals surface area contributed by atoms with Gasteiger partial charge in [0.05, 0.1) is 47.7 Å². The van der Waals surface area contributed by atoms with Crippen molar-refractivity contribution in [3.8, 4) is 5.13 Å². The molecular formula is C26H30F5N9OS. The van der Waals surface area contributed by atoms with E-state index in [1.54, 1.807) is 17.9 Å². The van der Waals surface area contributed by atoms with Crippen LogP contribution in [0, 0.1) is 5.82 Å². The number of aromatic nitrogens is 6. The van der Waals surface area contributed by atoms with E-state index in [-0.39, 0.29) is 46.0 Å². The van der Waals surface area contributed by atoms with Crippen LogP contribution in [-0.2, 0) is 18.5 Å². The quantitative estimate of drug-likeness (QED) is 0.298. The fourth-order valence-corrected chi connectivity index (χ4v) is 5.47. The zero-order valence-corrected chi connectivity index (χ0v) is 24.2. The number of benzene rings is 1. The number of piperidine rings is 1. The SMILES string of the molecule is CN1CC[C@@H](Nc2cc(F)cc3c(CC(F)(F)F)n(-c4nnc(CNC(=O)c5cnn(C(C)(C)C)c5)s4)nc23)[C@@H](F)C1. The summed E-state index contributed by atoms with van der Waals surface area (Å²) in [5, 5.41) is 22.5. The van der Waals surface area contributed by atoms with Gasteiger partial charge < -0.3 is 15.5 Å². The number of hydrogen-bond donors (Lipinski definition) is 2. The molecular weight excluding hydrogens is 581 g/mol. The van der Waals surface area contributed by atoms with Gasteiger partial charge in [0.1, 0.15) is 22.5 Å². The van der Waals surface area contributed by atoms with E-state index in [0.29, 0.717) is 23.5 Å². The average molecular weight is 612 g/mol. The Morgan fingerprint density at radius 2 is 1.95 bits per heavy atom. The first-order chi connectivity index (χ1) is 19.7. The molecule has 0 spiro atoms. The molecule has 0 unspecified atom stereocenters. The Hall–Kier alpha value is -3.66. The average Bonchev–Trinajstić information content (AvgIpc) is 3.63. The Bertz CT molecular complexity index is 1590. The van der Waals surface area contributed by atoms with Gasteiger partial charge in [0.15, 0.2) is 0 Å². The normalized spacial score (nSPS) is 18.5. The predicted octanol–water partition coefficient (Wildman–Crippen LogP) is 4.46. The number of carbonyl (C=O) groups is 1. The van der Waals surface area contributed by atoms with Crippen molar-refractivity contribution in [2.24, 2.45) is 0 Å². The molecule has 1 fully saturated rings. The fraction of sp³-hybridized carbons (Fsp3) is 0.500. The minimum atomic E-state index is -4.64. The molecule has 1 amide bonds. The highest BCUT2D eigenvalue weighted by molar-refractivity contribution is 7.13. The van der Waals surface area contributed by atoms with Gasteiger partial charge in [-0.05, 0) is 46.4 Å². The number of nitrogens with zero attached hydrogens (tertiary/aromatic N) is 7. The number of rotatable bonds is 7. The molecule has 4 heterocycles. The van der Waals surface area contributed by atoms with Crippen molar-refractivity contribution in [2.75, 3.05) is 25.5 Å². The lowest BCUT2D eigenvalue weighted by Gasteiger charge is -2.33. The number of fused-ring (bicyclic) bond motifs is 1. The minimum absolute atomic E-state index is 0.00395. The molecule has 0 aliphatic carbocycles. The molecule has 1 aliphatic heterocycles. The van der Waals surface area contributed by atoms with Gasteiger partial charge in [-0.1, -0.05) is 11.3 Å². The highest BCUT2D eigenvalue weighted by atomic mass is 32.1. The number of likely N-dealkylation sites (tertiary alicyclic amines) is 1. The number of alkyl halides is 4. The summed E-state index contributed by atoms with van der Waals surface area (Å²) in [7, 11) is 1.79. The molecule has 0 radical (unpaired) electrons. The van der Waals surface area contributed by atoms with Gasteiger partial charge in [-0.25, -0.2) is 13.5 Å². The first-order valence-electron chi connectivity index (χ1n) is 13.2. The molecule has 226 valence electrons. The minimum Gasteiger partial charge on any atom is -0.377 e. The molecule has 1 aromatic carbocycles. The molecule has 3 aromatic heterocycles. The Balaban J connectivity index is 1.43. The van der Waals surface area contributed by atoms with Crippen LogP contribution < -0.4 is 10.6 Å². The van der Waals surface area contributed by atoms with E-state index >= 15 is 0 Å². The van der Waals surface area contributed by atoms with Crippen LogP contribution in [0.3, 0.4) is 0 Å². The molecule has 2 atom stereocenters. The summed E-state index contributed by atoms with van der Waals surface area (Å²) in [4.78, 5) is 14.4. The predicted molar refractivity (Wildman–Crippen MR) is 147 cm³/mol. The molecule has 0 saturated carbocycles. The lowest BCUT2D eigenvalue weighted by molar-refractivity contribution is -0.127. The number of anilines is 1. The third-order valence-corrected chi connectivity index (χ3v) is 7.76. The molecule has 10 nitrogen and oxygen atoms in total. The first-order valence-corrected chi connectivity index (χ1v) is 14.0. The van der Waals surface area contributed by atoms with Crippen LogP contribution in [0.2, 0.25) is 0 Å². The van der Waals surface area contributed by atoms with Crippen LogP contribution in [0.1, 0.15) is 48.3 Å². The number of hydrogen-bond acceptors (Lipinski definition) is 8. The van der Waals surface area contributed by atoms with E-state index in [1.165, 1.54) is 6.20 Å². The van der Waals surface area contributed by atoms with Crippen molar-refractivity contribution in [1.82, 2.24) is 40.0 Å². The van der Waals surface area contributed by atoms with E-state index in [9.17, 15) is 26.7 Å². The van der Waals surface area contributed by atoms with Crippen LogP contribution in [0.5, 0.6) is 0 Å². The highest BCUT2D eigenvalue weighted by Crippen LogP contribution is 2.34. The Morgan fingerprint density at radius 1 is 1.19 bits per heavy atom. The van der Waals surface area contributed by atoms with Crippen molar-refractivity contribution in [2.45, 2.75) is 64.1 Å². The zero-order valence-electron chi connectivity index (χ0n) is 23.3. The smallest absolute Gasteiger partial charge is 0.377 e. The zero-order chi connectivity index (χ0) is 30.4. The molecule has 0 bridgehead atoms. The summed E-state index contributed by atoms with van der Waals surface area (Å²) in [5.74, 6) is -1.19. The fourth-order valence-electron chi connectivity index (χ4n) is 4.72. The number of nitrogens with one attached hydrogen (secondary N) is 2. The summed E-state index contributed by atoms with van der Waals surface area (Å²) in [6.45, 7) is 6.56. The van der Waals surface area contributed by atoms with E-state index in [4.69, 9.17) is 0 Å². The van der Waals surface area contributed by atoms with Crippen molar-refractivity contribution in [3.05, 3.63) is 46.6 Å². The number of amides is 1. The van der Waals surface area contributed by atoms with Gasteiger partial charge in [-0.2, -0.15) is 23.4 Å². The van der Waals surface area contributed by atoms with Crippen LogP contribution in [-0.4, -0.2) is 79.1 Å². The summed E-state index contributed by atoms with van der Waals surface area (Å²) in [5.41, 5.74) is -0.156. The Morgan fingerprint density at radius 3 is 2.62 bits per heavy atom. The lowest BCUT2D eigenvalue weighted by Crippen LogP contribution is -2.46. The molecule has 1 aliphatic rings. The van der Waals surface area contributed by atoms with Gasteiger partial charge in [-0.15, -0.1) is 10.2 Å². The largest absolute Gasteiger partial charge is 0.394 e. The second-order valence-corrected chi connectivity index (χ2v) is 12.4. The standard InChI is InChI=1S/C26H30F5N9OS/c1-25(2,3)39-12-14(10-33-39)23(41)32-11-21-35-36-24(42-21)40-20(9-26(29,30)31)16-7-15(27)8-19(22(16)37-40)34-18-5-6-38(4)13-17(18)28/h7-8,10,12,17-18,34H,5-6,9,11,13H2,1-4H3,(H,32,41)/t17-,18+/m0/s1. The number of carbonyl (C=O) groups excluding carboxylic acids is 1. The van der Waals surface area contributed by atoms with Crippen LogP contribution in [0.25, 0.3) is 16.0 Å². The maximum absolute atomic E-state index is 14.7. The summed E-state index contributed by atoms with van der Waals surface area (Å²) < 4.78 is 73.1. The molecule has 2 N–H and O–H groups in total. The lowest BCUT2D eigenvalue weighted by atomic mass is 10.0. The monoisotopic (exact) mass is 611 g/mol. The second kappa shape index (κ2) is 11.2. The van der Waals surface area contributed by atoms with Gasteiger partial charge in [-0.3, -0.25) is 9.48 Å². The number of halogens is 5. The van der Waals surface area contributed by atoms with Crippen molar-refractivity contribution in [1.29, 1.82) is 0 Å². The maximum Gasteiger partial charge on any atom is 0.394 e. The topological polar surface area (TPSA) is 106 Å². The third-order valence-electron chi connectivity index (χ3n) is 6.86. The third kappa shape index (κ3) is 6.53. The summed E-state index contributed by atoms with van der Waals surface area (Å²) in [6, 6.07) is 1.42. The van der Waals surface area contributed by atoms with Crippen LogP contribution in [0.15, 0.2) is 24.5 Å². The van der Waals surface area contributed by atoms with Crippen molar-refractivity contribution >= 4 is 33.8 Å². The van der Waals surface area contributed by atoms with Gasteiger partial charge in [0.25, 0.3) is 5.91 Å². The van der Waals surface area contributed by atoms with Gasteiger partial charge >= 0.3 is 6.18 Å². The van der Waals surface area contributed by atoms with E-state index in [1.807, 2.05) is 25.7 Å². The first kappa shape index (κ1) is 29.8. The van der Waals surface area contributed by atoms with E-state index < -0.39 is 36.5 Å². The van der Waals surface area contributed by atoms with Gasteiger partial charge in [0.2, 0.25) is 5.13 Å². The summed E-state index contributed by atoms with van der Waals surface area (Å²) in [6.07, 6.45) is -3.83. The molecule has 1 saturated heterocycles. The molecule has 42 heavy (non-hydrogen) atoms. The van der Waals surface area contributed by atoms with E-state index in [0.717, 1.165) is 28.2 Å².